The van der Waals surface area contributed by atoms with Crippen LogP contribution in [0.3, 0.4) is 0 Å². The van der Waals surface area contributed by atoms with Crippen LogP contribution in [0.4, 0.5) is 0 Å². The average molecular weight is 1150 g/mol. The maximum atomic E-state index is 13.1. The molecular formula is C71H145N2O6P. The van der Waals surface area contributed by atoms with Gasteiger partial charge in [-0.2, -0.15) is 0 Å². The number of amides is 1. The van der Waals surface area contributed by atoms with Crippen molar-refractivity contribution >= 4 is 13.7 Å². The zero-order valence-corrected chi connectivity index (χ0v) is 56.0. The predicted molar refractivity (Wildman–Crippen MR) is 349 cm³/mol. The standard InChI is InChI=1S/C71H145N2O6P/c1-6-8-10-12-14-16-18-20-22-24-26-28-30-32-34-35-36-37-38-39-40-42-44-46-48-50-52-54-56-58-60-62-64-70(74)69(68-79-80(76,77)78-67-66-73(3,4)5)72-71(75)65-63-61-59-57-55-53-51-49-47-45-43-41-33-31-29-27-25-23-21-19-17-15-13-11-9-7-2/h69-70,74H,6-68H2,1-5H3,(H-,72,75,76,77). The van der Waals surface area contributed by atoms with Crippen LogP contribution in [-0.2, 0) is 18.4 Å². The second-order valence-corrected chi connectivity index (χ2v) is 28.1. The Bertz CT molecular complexity index is 1260. The molecule has 0 aromatic carbocycles. The number of quaternary nitrogens is 1. The molecule has 8 nitrogen and oxygen atoms in total. The minimum absolute atomic E-state index is 0.0170. The molecule has 0 aliphatic carbocycles. The largest absolute Gasteiger partial charge is 0.756 e. The molecule has 0 aromatic rings. The third kappa shape index (κ3) is 65.1. The highest BCUT2D eigenvalue weighted by Gasteiger charge is 2.24. The quantitative estimate of drug-likeness (QED) is 0.0357. The molecular weight excluding hydrogens is 1010 g/mol. The summed E-state index contributed by atoms with van der Waals surface area (Å²) in [5, 5.41) is 14.1. The molecule has 0 rings (SSSR count). The molecule has 80 heavy (non-hydrogen) atoms. The molecule has 3 atom stereocenters. The van der Waals surface area contributed by atoms with Crippen molar-refractivity contribution in [1.82, 2.24) is 5.32 Å². The lowest BCUT2D eigenvalue weighted by molar-refractivity contribution is -0.870. The van der Waals surface area contributed by atoms with Gasteiger partial charge in [0.15, 0.2) is 0 Å². The summed E-state index contributed by atoms with van der Waals surface area (Å²) in [7, 11) is 1.33. The Kier molecular flexibility index (Phi) is 62.6. The number of nitrogens with one attached hydrogen (secondary N) is 1. The summed E-state index contributed by atoms with van der Waals surface area (Å²) in [5.41, 5.74) is 0. The molecule has 0 heterocycles. The van der Waals surface area contributed by atoms with Crippen molar-refractivity contribution in [2.75, 3.05) is 40.9 Å². The predicted octanol–water partition coefficient (Wildman–Crippen LogP) is 22.5. The van der Waals surface area contributed by atoms with E-state index in [0.717, 1.165) is 38.5 Å². The minimum Gasteiger partial charge on any atom is -0.756 e. The van der Waals surface area contributed by atoms with Crippen LogP contribution in [0.15, 0.2) is 0 Å². The lowest BCUT2D eigenvalue weighted by atomic mass is 10.0. The first-order valence-electron chi connectivity index (χ1n) is 36.4. The number of carbonyl (C=O) groups excluding carboxylic acids is 1. The third-order valence-corrected chi connectivity index (χ3v) is 18.3. The van der Waals surface area contributed by atoms with Gasteiger partial charge in [0.2, 0.25) is 5.91 Å². The van der Waals surface area contributed by atoms with Gasteiger partial charge in [-0.05, 0) is 12.8 Å². The summed E-state index contributed by atoms with van der Waals surface area (Å²) in [6.07, 6.45) is 79.1. The number of phosphoric ester groups is 1. The topological polar surface area (TPSA) is 108 Å². The van der Waals surface area contributed by atoms with Gasteiger partial charge in [0, 0.05) is 6.42 Å². The zero-order chi connectivity index (χ0) is 58.4. The van der Waals surface area contributed by atoms with Gasteiger partial charge in [-0.1, -0.05) is 380 Å². The number of likely N-dealkylation sites (N-methyl/N-ethyl adjacent to an activating group) is 1. The summed E-state index contributed by atoms with van der Waals surface area (Å²) in [4.78, 5) is 25.7. The summed E-state index contributed by atoms with van der Waals surface area (Å²) in [5.74, 6) is -0.153. The number of hydrogen-bond donors (Lipinski definition) is 2. The number of nitrogens with zero attached hydrogens (tertiary/aromatic N) is 1. The Morgan fingerprint density at radius 3 is 0.850 bits per heavy atom. The molecule has 2 N–H and O–H groups in total. The molecule has 9 heteroatoms. The van der Waals surface area contributed by atoms with E-state index in [0.29, 0.717) is 23.9 Å². The van der Waals surface area contributed by atoms with E-state index < -0.39 is 20.0 Å². The normalized spacial score (nSPS) is 13.5. The van der Waals surface area contributed by atoms with Crippen LogP contribution >= 0.6 is 7.82 Å². The first kappa shape index (κ1) is 79.5. The molecule has 0 radical (unpaired) electrons. The van der Waals surface area contributed by atoms with Gasteiger partial charge in [-0.3, -0.25) is 9.36 Å². The Morgan fingerprint density at radius 1 is 0.388 bits per heavy atom. The van der Waals surface area contributed by atoms with Gasteiger partial charge >= 0.3 is 0 Å². The Balaban J connectivity index is 3.96. The fourth-order valence-corrected chi connectivity index (χ4v) is 12.4. The van der Waals surface area contributed by atoms with E-state index in [1.54, 1.807) is 0 Å². The molecule has 0 spiro atoms. The lowest BCUT2D eigenvalue weighted by Crippen LogP contribution is -2.46. The van der Waals surface area contributed by atoms with Crippen molar-refractivity contribution in [3.05, 3.63) is 0 Å². The van der Waals surface area contributed by atoms with Gasteiger partial charge < -0.3 is 28.8 Å². The Morgan fingerprint density at radius 2 is 0.613 bits per heavy atom. The number of rotatable bonds is 69. The molecule has 0 aromatic heterocycles. The van der Waals surface area contributed by atoms with Crippen molar-refractivity contribution in [1.29, 1.82) is 0 Å². The summed E-state index contributed by atoms with van der Waals surface area (Å²) in [6.45, 7) is 4.80. The van der Waals surface area contributed by atoms with Crippen LogP contribution in [0.1, 0.15) is 399 Å². The summed E-state index contributed by atoms with van der Waals surface area (Å²) in [6, 6.07) is -0.797. The summed E-state index contributed by atoms with van der Waals surface area (Å²) < 4.78 is 23.6. The average Bonchev–Trinajstić information content (AvgIpc) is 3.42. The Hall–Kier alpha value is -0.500. The fraction of sp³-hybridized carbons (Fsp3) is 0.986. The number of aliphatic hydroxyl groups excluding tert-OH is 1. The van der Waals surface area contributed by atoms with Gasteiger partial charge in [0.1, 0.15) is 13.2 Å². The van der Waals surface area contributed by atoms with Crippen LogP contribution in [0.2, 0.25) is 0 Å². The molecule has 0 aliphatic heterocycles. The van der Waals surface area contributed by atoms with Crippen LogP contribution in [-0.4, -0.2) is 68.5 Å². The van der Waals surface area contributed by atoms with E-state index in [2.05, 4.69) is 19.2 Å². The van der Waals surface area contributed by atoms with Crippen LogP contribution < -0.4 is 10.2 Å². The fourth-order valence-electron chi connectivity index (χ4n) is 11.7. The van der Waals surface area contributed by atoms with E-state index >= 15 is 0 Å². The smallest absolute Gasteiger partial charge is 0.268 e. The number of aliphatic hydroxyl groups is 1. The highest BCUT2D eigenvalue weighted by atomic mass is 31.2. The van der Waals surface area contributed by atoms with Crippen LogP contribution in [0, 0.1) is 0 Å². The molecule has 0 saturated heterocycles. The molecule has 0 fully saturated rings. The number of phosphoric acid groups is 1. The third-order valence-electron chi connectivity index (χ3n) is 17.3. The number of hydrogen-bond acceptors (Lipinski definition) is 6. The van der Waals surface area contributed by atoms with Gasteiger partial charge in [-0.25, -0.2) is 0 Å². The Labute approximate surface area is 501 Å². The van der Waals surface area contributed by atoms with Crippen LogP contribution in [0.5, 0.6) is 0 Å². The van der Waals surface area contributed by atoms with E-state index in [4.69, 9.17) is 9.05 Å². The molecule has 0 saturated carbocycles. The monoisotopic (exact) mass is 1150 g/mol. The van der Waals surface area contributed by atoms with E-state index in [-0.39, 0.29) is 19.1 Å². The van der Waals surface area contributed by atoms with Gasteiger partial charge in [-0.15, -0.1) is 0 Å². The minimum atomic E-state index is -4.58. The molecule has 0 aliphatic rings. The van der Waals surface area contributed by atoms with Crippen molar-refractivity contribution in [2.45, 2.75) is 411 Å². The highest BCUT2D eigenvalue weighted by molar-refractivity contribution is 7.45. The maximum Gasteiger partial charge on any atom is 0.268 e. The first-order valence-corrected chi connectivity index (χ1v) is 37.8. The number of unbranched alkanes of at least 4 members (excludes halogenated alkanes) is 56. The highest BCUT2D eigenvalue weighted by Crippen LogP contribution is 2.38. The van der Waals surface area contributed by atoms with Crippen LogP contribution in [0.25, 0.3) is 0 Å². The second-order valence-electron chi connectivity index (χ2n) is 26.7. The molecule has 0 bridgehead atoms. The van der Waals surface area contributed by atoms with Crippen molar-refractivity contribution < 1.29 is 32.9 Å². The number of carbonyl (C=O) groups is 1. The van der Waals surface area contributed by atoms with E-state index in [9.17, 15) is 19.4 Å². The maximum absolute atomic E-state index is 13.1. The summed E-state index contributed by atoms with van der Waals surface area (Å²) >= 11 is 0. The second kappa shape index (κ2) is 63.0. The van der Waals surface area contributed by atoms with Crippen molar-refractivity contribution in [3.63, 3.8) is 0 Å². The lowest BCUT2D eigenvalue weighted by Gasteiger charge is -2.30. The van der Waals surface area contributed by atoms with Gasteiger partial charge in [0.05, 0.1) is 39.9 Å². The molecule has 1 amide bonds. The van der Waals surface area contributed by atoms with Crippen molar-refractivity contribution in [3.8, 4) is 0 Å². The molecule has 3 unspecified atom stereocenters. The van der Waals surface area contributed by atoms with E-state index in [1.165, 1.54) is 334 Å². The first-order chi connectivity index (χ1) is 39.0. The van der Waals surface area contributed by atoms with Gasteiger partial charge in [0.25, 0.3) is 7.82 Å². The SMILES string of the molecule is CCCCCCCCCCCCCCCCCCCCCCCCCCCCCCCCCCC(O)C(COP(=O)([O-])OCC[N+](C)(C)C)NC(=O)CCCCCCCCCCCCCCCCCCCCCCCCCCCC. The zero-order valence-electron chi connectivity index (χ0n) is 55.1. The van der Waals surface area contributed by atoms with E-state index in [1.807, 2.05) is 21.1 Å². The van der Waals surface area contributed by atoms with Crippen molar-refractivity contribution in [2.24, 2.45) is 0 Å². The molecule has 480 valence electrons.